The first-order valence-electron chi connectivity index (χ1n) is 8.74. The Kier molecular flexibility index (Phi) is 4.69. The third-order valence-corrected chi connectivity index (χ3v) is 5.02. The van der Waals surface area contributed by atoms with Crippen molar-refractivity contribution < 1.29 is 9.90 Å². The Morgan fingerprint density at radius 1 is 0.852 bits per heavy atom. The molecular weight excluding hydrogens is 358 g/mol. The Morgan fingerprint density at radius 2 is 1.44 bits per heavy atom. The summed E-state index contributed by atoms with van der Waals surface area (Å²) in [5.74, 6) is -0.554. The Hall–Kier alpha value is -3.04. The van der Waals surface area contributed by atoms with E-state index in [9.17, 15) is 9.90 Å². The summed E-state index contributed by atoms with van der Waals surface area (Å²) in [6.45, 7) is 0.385. The van der Waals surface area contributed by atoms with Crippen molar-refractivity contribution in [3.8, 4) is 0 Å². The molecule has 0 saturated heterocycles. The van der Waals surface area contributed by atoms with E-state index in [0.717, 1.165) is 16.7 Å². The Bertz CT molecular complexity index is 982. The van der Waals surface area contributed by atoms with Gasteiger partial charge in [-0.15, -0.1) is 0 Å². The number of aliphatic hydroxyl groups excluding tert-OH is 1. The first kappa shape index (κ1) is 17.4. The summed E-state index contributed by atoms with van der Waals surface area (Å²) < 4.78 is 0. The van der Waals surface area contributed by atoms with Crippen LogP contribution in [0.2, 0.25) is 5.02 Å². The quantitative estimate of drug-likeness (QED) is 0.663. The summed E-state index contributed by atoms with van der Waals surface area (Å²) in [5, 5.41) is 11.4. The normalized spacial score (nSPS) is 16.9. The van der Waals surface area contributed by atoms with Crippen LogP contribution in [0.25, 0.3) is 5.57 Å². The predicted molar refractivity (Wildman–Crippen MR) is 107 cm³/mol. The van der Waals surface area contributed by atoms with Crippen molar-refractivity contribution >= 4 is 23.1 Å². The maximum absolute atomic E-state index is 12.9. The second-order valence-corrected chi connectivity index (χ2v) is 6.94. The van der Waals surface area contributed by atoms with Gasteiger partial charge in [-0.2, -0.15) is 0 Å². The van der Waals surface area contributed by atoms with Crippen molar-refractivity contribution in [2.24, 2.45) is 0 Å². The van der Waals surface area contributed by atoms with E-state index in [-0.39, 0.29) is 17.7 Å². The van der Waals surface area contributed by atoms with Crippen LogP contribution in [-0.4, -0.2) is 15.9 Å². The fraction of sp³-hybridized carbons (Fsp3) is 0.0870. The topological polar surface area (TPSA) is 40.5 Å². The highest BCUT2D eigenvalue weighted by atomic mass is 35.5. The minimum atomic E-state index is -0.363. The smallest absolute Gasteiger partial charge is 0.290 e. The van der Waals surface area contributed by atoms with Crippen LogP contribution in [0.3, 0.4) is 0 Å². The molecule has 134 valence electrons. The number of hydrogen-bond donors (Lipinski definition) is 1. The van der Waals surface area contributed by atoms with Crippen molar-refractivity contribution in [3.05, 3.63) is 112 Å². The molecule has 0 aliphatic carbocycles. The summed E-state index contributed by atoms with van der Waals surface area (Å²) in [6.07, 6.45) is 0. The largest absolute Gasteiger partial charge is 0.503 e. The van der Waals surface area contributed by atoms with Crippen LogP contribution in [0, 0.1) is 0 Å². The molecule has 1 heterocycles. The number of amides is 1. The van der Waals surface area contributed by atoms with Crippen molar-refractivity contribution in [1.29, 1.82) is 0 Å². The van der Waals surface area contributed by atoms with Gasteiger partial charge in [0.15, 0.2) is 5.76 Å². The Labute approximate surface area is 163 Å². The summed E-state index contributed by atoms with van der Waals surface area (Å²) in [7, 11) is 0. The minimum Gasteiger partial charge on any atom is -0.503 e. The van der Waals surface area contributed by atoms with Crippen LogP contribution in [0.15, 0.2) is 90.7 Å². The van der Waals surface area contributed by atoms with E-state index < -0.39 is 0 Å². The first-order chi connectivity index (χ1) is 13.1. The summed E-state index contributed by atoms with van der Waals surface area (Å²) in [6, 6.07) is 26.4. The second-order valence-electron chi connectivity index (χ2n) is 6.50. The molecule has 0 bridgehead atoms. The van der Waals surface area contributed by atoms with Gasteiger partial charge in [-0.1, -0.05) is 84.4 Å². The first-order valence-corrected chi connectivity index (χ1v) is 9.12. The van der Waals surface area contributed by atoms with Gasteiger partial charge >= 0.3 is 0 Å². The van der Waals surface area contributed by atoms with Crippen molar-refractivity contribution in [2.45, 2.75) is 12.6 Å². The molecule has 0 aromatic heterocycles. The molecule has 4 rings (SSSR count). The van der Waals surface area contributed by atoms with Gasteiger partial charge < -0.3 is 10.0 Å². The van der Waals surface area contributed by atoms with Crippen LogP contribution in [0.4, 0.5) is 0 Å². The Balaban J connectivity index is 1.79. The van der Waals surface area contributed by atoms with Crippen LogP contribution in [0.5, 0.6) is 0 Å². The lowest BCUT2D eigenvalue weighted by atomic mass is 9.93. The lowest BCUT2D eigenvalue weighted by Gasteiger charge is -2.27. The standard InChI is InChI=1S/C23H18ClNO2/c24-19-13-11-16(12-14-19)15-25-21(18-9-5-2-6-10-18)20(22(26)23(25)27)17-7-3-1-4-8-17/h1-14,21,26H,15H2/t21-/m1/s1. The maximum Gasteiger partial charge on any atom is 0.290 e. The molecule has 1 atom stereocenters. The number of nitrogens with zero attached hydrogens (tertiary/aromatic N) is 1. The highest BCUT2D eigenvalue weighted by Crippen LogP contribution is 2.43. The van der Waals surface area contributed by atoms with Gasteiger partial charge in [0, 0.05) is 17.1 Å². The highest BCUT2D eigenvalue weighted by molar-refractivity contribution is 6.30. The molecular formula is C23H18ClNO2. The molecule has 1 aliphatic rings. The van der Waals surface area contributed by atoms with Crippen LogP contribution in [-0.2, 0) is 11.3 Å². The zero-order valence-electron chi connectivity index (χ0n) is 14.5. The minimum absolute atomic E-state index is 0.191. The lowest BCUT2D eigenvalue weighted by Crippen LogP contribution is -2.29. The zero-order chi connectivity index (χ0) is 18.8. The molecule has 0 saturated carbocycles. The fourth-order valence-electron chi connectivity index (χ4n) is 3.50. The summed E-state index contributed by atoms with van der Waals surface area (Å²) >= 11 is 5.98. The summed E-state index contributed by atoms with van der Waals surface area (Å²) in [5.41, 5.74) is 3.40. The van der Waals surface area contributed by atoms with Crippen LogP contribution in [0.1, 0.15) is 22.7 Å². The van der Waals surface area contributed by atoms with Crippen molar-refractivity contribution in [3.63, 3.8) is 0 Å². The van der Waals surface area contributed by atoms with E-state index in [2.05, 4.69) is 0 Å². The molecule has 3 aromatic rings. The molecule has 0 fully saturated rings. The second kappa shape index (κ2) is 7.29. The van der Waals surface area contributed by atoms with Crippen LogP contribution >= 0.6 is 11.6 Å². The van der Waals surface area contributed by atoms with Gasteiger partial charge in [0.1, 0.15) is 0 Å². The Morgan fingerprint density at radius 3 is 2.07 bits per heavy atom. The van der Waals surface area contributed by atoms with E-state index in [4.69, 9.17) is 11.6 Å². The monoisotopic (exact) mass is 375 g/mol. The van der Waals surface area contributed by atoms with E-state index in [1.807, 2.05) is 72.8 Å². The molecule has 0 radical (unpaired) electrons. The van der Waals surface area contributed by atoms with Gasteiger partial charge in [0.2, 0.25) is 0 Å². The predicted octanol–water partition coefficient (Wildman–Crippen LogP) is 5.39. The average molecular weight is 376 g/mol. The third kappa shape index (κ3) is 3.34. The van der Waals surface area contributed by atoms with Gasteiger partial charge in [-0.05, 0) is 28.8 Å². The number of rotatable bonds is 4. The van der Waals surface area contributed by atoms with Gasteiger partial charge in [-0.25, -0.2) is 0 Å². The molecule has 1 N–H and O–H groups in total. The average Bonchev–Trinajstić information content (AvgIpc) is 2.96. The van der Waals surface area contributed by atoms with E-state index in [0.29, 0.717) is 17.1 Å². The number of halogens is 1. The van der Waals surface area contributed by atoms with Crippen molar-refractivity contribution in [1.82, 2.24) is 4.90 Å². The van der Waals surface area contributed by atoms with E-state index in [1.54, 1.807) is 17.0 Å². The van der Waals surface area contributed by atoms with Crippen molar-refractivity contribution in [2.75, 3.05) is 0 Å². The highest BCUT2D eigenvalue weighted by Gasteiger charge is 2.40. The molecule has 4 heteroatoms. The van der Waals surface area contributed by atoms with E-state index in [1.165, 1.54) is 0 Å². The molecule has 1 aliphatic heterocycles. The summed E-state index contributed by atoms with van der Waals surface area (Å²) in [4.78, 5) is 14.6. The number of benzene rings is 3. The SMILES string of the molecule is O=C1C(O)=C(c2ccccc2)[C@@H](c2ccccc2)N1Cc1ccc(Cl)cc1. The number of carbonyl (C=O) groups excluding carboxylic acids is 1. The lowest BCUT2D eigenvalue weighted by molar-refractivity contribution is -0.130. The maximum atomic E-state index is 12.9. The molecule has 0 spiro atoms. The number of carbonyl (C=O) groups is 1. The molecule has 27 heavy (non-hydrogen) atoms. The van der Waals surface area contributed by atoms with Gasteiger partial charge in [0.05, 0.1) is 6.04 Å². The number of aliphatic hydroxyl groups is 1. The van der Waals surface area contributed by atoms with Crippen LogP contribution < -0.4 is 0 Å². The molecule has 3 nitrogen and oxygen atoms in total. The molecule has 1 amide bonds. The molecule has 3 aromatic carbocycles. The van der Waals surface area contributed by atoms with Gasteiger partial charge in [-0.3, -0.25) is 4.79 Å². The van der Waals surface area contributed by atoms with E-state index >= 15 is 0 Å². The number of hydrogen-bond acceptors (Lipinski definition) is 2. The third-order valence-electron chi connectivity index (χ3n) is 4.77. The fourth-order valence-corrected chi connectivity index (χ4v) is 3.62. The zero-order valence-corrected chi connectivity index (χ0v) is 15.3. The van der Waals surface area contributed by atoms with Gasteiger partial charge in [0.25, 0.3) is 5.91 Å². The molecule has 0 unspecified atom stereocenters.